The quantitative estimate of drug-likeness (QED) is 0.0253. The fourth-order valence-corrected chi connectivity index (χ4v) is 13.0. The molecule has 95 heavy (non-hydrogen) atoms. The third-order valence-electron chi connectivity index (χ3n) is 16.2. The van der Waals surface area contributed by atoms with Gasteiger partial charge in [0.05, 0.1) is 17.0 Å². The normalized spacial score (nSPS) is 12.4. The maximum atomic E-state index is 13.9. The second kappa shape index (κ2) is 31.8. The van der Waals surface area contributed by atoms with Crippen LogP contribution < -0.4 is 21.3 Å². The van der Waals surface area contributed by atoms with Crippen LogP contribution in [0.4, 0.5) is 11.4 Å². The molecule has 0 bridgehead atoms. The number of rotatable bonds is 26. The standard InChI is InChI=1S/C40H49ClN6O4Si.C31H38BrClN6O3Si/c1-26-37(27(2)47(45-26)25-51-20-21-52(6,7)8)28-12-15-33(16-13-28)43-38(48)35(44-39(49)36-18-19-42-46(36)5)24-31-22-30(14-17-34(31)41)29-10-9-11-32(23-29)40(3,4)50;1-20-29(21(2)39(37-20)19-42-15-16-43(4,5)6)22-7-10-25(11-8-22)35-30(40)27(18-23-17-24(32)9-12-26(23)33)36-31(41)28-13-14-34-38(28)3/h9-19,22-23,35,50H,20-21,24-25H2,1-8H3,(H,43,48)(H,44,49);7-14,17,27H,15-16,18-19H2,1-6H3,(H,35,40)(H,36,41)/t35-;27-/m00/s1. The molecule has 4 aromatic heterocycles. The van der Waals surface area contributed by atoms with Gasteiger partial charge in [0.1, 0.15) is 36.9 Å². The van der Waals surface area contributed by atoms with E-state index in [9.17, 15) is 24.3 Å². The average Bonchev–Trinajstić information content (AvgIpc) is 1.76. The summed E-state index contributed by atoms with van der Waals surface area (Å²) in [5.41, 5.74) is 12.6. The molecule has 0 saturated carbocycles. The minimum atomic E-state index is -1.18. The molecule has 4 amide bonds. The molecular weight excluding hydrogens is 1340 g/mol. The maximum Gasteiger partial charge on any atom is 0.270 e. The number of aryl methyl sites for hydroxylation is 4. The van der Waals surface area contributed by atoms with Gasteiger partial charge in [0.15, 0.2) is 0 Å². The fourth-order valence-electron chi connectivity index (χ4n) is 10.6. The number of benzene rings is 5. The zero-order valence-corrected chi connectivity index (χ0v) is 61.7. The second-order valence-corrected chi connectivity index (χ2v) is 39.7. The van der Waals surface area contributed by atoms with Gasteiger partial charge in [-0.1, -0.05) is 127 Å². The van der Waals surface area contributed by atoms with Crippen molar-refractivity contribution in [3.05, 3.63) is 199 Å². The summed E-state index contributed by atoms with van der Waals surface area (Å²) in [5.74, 6) is -1.61. The molecule has 24 heteroatoms. The van der Waals surface area contributed by atoms with Crippen molar-refractivity contribution in [3.8, 4) is 33.4 Å². The summed E-state index contributed by atoms with van der Waals surface area (Å²) in [7, 11) is 1.00. The van der Waals surface area contributed by atoms with Gasteiger partial charge in [0, 0.05) is 117 Å². The Morgan fingerprint density at radius 3 is 1.39 bits per heavy atom. The smallest absolute Gasteiger partial charge is 0.270 e. The molecule has 0 spiro atoms. The third-order valence-corrected chi connectivity index (χ3v) is 20.9. The lowest BCUT2D eigenvalue weighted by Crippen LogP contribution is -2.45. The van der Waals surface area contributed by atoms with Gasteiger partial charge >= 0.3 is 0 Å². The molecule has 0 radical (unpaired) electrons. The van der Waals surface area contributed by atoms with E-state index in [1.54, 1.807) is 52.2 Å². The molecule has 5 aromatic carbocycles. The Balaban J connectivity index is 0.000000248. The predicted octanol–water partition coefficient (Wildman–Crippen LogP) is 14.3. The van der Waals surface area contributed by atoms with E-state index in [-0.39, 0.29) is 18.7 Å². The molecule has 2 atom stereocenters. The highest BCUT2D eigenvalue weighted by molar-refractivity contribution is 9.10. The van der Waals surface area contributed by atoms with Crippen molar-refractivity contribution >= 4 is 90.3 Å². The fraction of sp³-hybridized carbons (Fsp3) is 0.352. The van der Waals surface area contributed by atoms with Gasteiger partial charge < -0.3 is 35.8 Å². The van der Waals surface area contributed by atoms with E-state index in [4.69, 9.17) is 42.9 Å². The van der Waals surface area contributed by atoms with Gasteiger partial charge in [-0.25, -0.2) is 9.36 Å². The minimum absolute atomic E-state index is 0.128. The van der Waals surface area contributed by atoms with Crippen molar-refractivity contribution in [1.29, 1.82) is 0 Å². The summed E-state index contributed by atoms with van der Waals surface area (Å²) in [4.78, 5) is 53.8. The molecule has 0 aliphatic carbocycles. The Kier molecular flexibility index (Phi) is 24.5. The van der Waals surface area contributed by atoms with E-state index in [2.05, 4.69) is 86.7 Å². The van der Waals surface area contributed by atoms with E-state index in [1.807, 2.05) is 134 Å². The van der Waals surface area contributed by atoms with Crippen molar-refractivity contribution in [2.75, 3.05) is 23.8 Å². The van der Waals surface area contributed by atoms with Crippen molar-refractivity contribution in [2.45, 2.75) is 137 Å². The lowest BCUT2D eigenvalue weighted by molar-refractivity contribution is -0.118. The summed E-state index contributed by atoms with van der Waals surface area (Å²) in [6.45, 7) is 27.8. The summed E-state index contributed by atoms with van der Waals surface area (Å²) >= 11 is 16.6. The van der Waals surface area contributed by atoms with Crippen molar-refractivity contribution in [1.82, 2.24) is 49.8 Å². The molecule has 0 aliphatic rings. The Hall–Kier alpha value is -7.81. The highest BCUT2D eigenvalue weighted by Gasteiger charge is 2.28. The molecule has 502 valence electrons. The summed E-state index contributed by atoms with van der Waals surface area (Å²) in [5, 5.41) is 40.8. The minimum Gasteiger partial charge on any atom is -0.386 e. The van der Waals surface area contributed by atoms with Gasteiger partial charge in [-0.05, 0) is 165 Å². The largest absolute Gasteiger partial charge is 0.386 e. The van der Waals surface area contributed by atoms with Gasteiger partial charge in [-0.3, -0.25) is 28.5 Å². The number of carbonyl (C=O) groups excluding carboxylic acids is 4. The Morgan fingerprint density at radius 1 is 0.568 bits per heavy atom. The molecule has 5 N–H and O–H groups in total. The molecular formula is C71H87BrCl2N12O7Si2. The molecule has 9 aromatic rings. The average molecular weight is 1430 g/mol. The van der Waals surface area contributed by atoms with E-state index >= 15 is 0 Å². The molecule has 0 unspecified atom stereocenters. The Labute approximate surface area is 577 Å². The van der Waals surface area contributed by atoms with Crippen LogP contribution >= 0.6 is 39.1 Å². The maximum absolute atomic E-state index is 13.9. The second-order valence-electron chi connectivity index (χ2n) is 26.7. The van der Waals surface area contributed by atoms with Crippen LogP contribution in [0.5, 0.6) is 0 Å². The van der Waals surface area contributed by atoms with E-state index in [0.29, 0.717) is 51.8 Å². The number of carbonyl (C=O) groups is 4. The van der Waals surface area contributed by atoms with E-state index in [1.165, 1.54) is 21.8 Å². The van der Waals surface area contributed by atoms with Crippen LogP contribution in [-0.4, -0.2) is 109 Å². The lowest BCUT2D eigenvalue weighted by Gasteiger charge is -2.21. The first-order valence-electron chi connectivity index (χ1n) is 31.5. The number of nitrogens with one attached hydrogen (secondary N) is 4. The van der Waals surface area contributed by atoms with Crippen molar-refractivity contribution < 1.29 is 33.8 Å². The first kappa shape index (κ1) is 73.0. The van der Waals surface area contributed by atoms with Gasteiger partial charge in [-0.2, -0.15) is 20.4 Å². The van der Waals surface area contributed by atoms with Crippen LogP contribution in [0.1, 0.15) is 74.3 Å². The lowest BCUT2D eigenvalue weighted by atomic mass is 9.93. The number of amides is 4. The third kappa shape index (κ3) is 20.1. The van der Waals surface area contributed by atoms with Gasteiger partial charge in [-0.15, -0.1) is 0 Å². The number of aliphatic hydroxyl groups is 1. The SMILES string of the molecule is Cc1nn(COCC[Si](C)(C)C)c(C)c1-c1ccc(NC(=O)[C@H](Cc2cc(-c3cccc(C(C)(C)O)c3)ccc2Cl)NC(=O)c2ccnn2C)cc1.Cc1nn(COCC[Si](C)(C)C)c(C)c1-c1ccc(NC(=O)[C@H](Cc2cc(Br)ccc2Cl)NC(=O)c2ccnn2C)cc1. The zero-order chi connectivity index (χ0) is 69.1. The Bertz CT molecular complexity index is 4170. The molecule has 19 nitrogen and oxygen atoms in total. The number of anilines is 2. The molecule has 9 rings (SSSR count). The summed E-state index contributed by atoms with van der Waals surface area (Å²) < 4.78 is 19.4. The van der Waals surface area contributed by atoms with Crippen LogP contribution in [0.3, 0.4) is 0 Å². The van der Waals surface area contributed by atoms with Crippen molar-refractivity contribution in [2.24, 2.45) is 14.1 Å². The predicted molar refractivity (Wildman–Crippen MR) is 387 cm³/mol. The first-order valence-corrected chi connectivity index (χ1v) is 40.5. The van der Waals surface area contributed by atoms with Crippen LogP contribution in [0.25, 0.3) is 33.4 Å². The molecule has 0 fully saturated rings. The van der Waals surface area contributed by atoms with Gasteiger partial charge in [0.2, 0.25) is 11.8 Å². The number of nitrogens with zero attached hydrogens (tertiary/aromatic N) is 8. The Morgan fingerprint density at radius 2 is 0.979 bits per heavy atom. The topological polar surface area (TPSA) is 226 Å². The van der Waals surface area contributed by atoms with E-state index in [0.717, 1.165) is 97.1 Å². The number of hydrogen-bond acceptors (Lipinski definition) is 11. The van der Waals surface area contributed by atoms with Crippen LogP contribution in [0, 0.1) is 27.7 Å². The molecule has 0 aliphatic heterocycles. The number of aromatic nitrogens is 8. The van der Waals surface area contributed by atoms with Crippen LogP contribution in [0.15, 0.2) is 138 Å². The molecule has 0 saturated heterocycles. The zero-order valence-electron chi connectivity index (χ0n) is 56.6. The monoisotopic (exact) mass is 1420 g/mol. The van der Waals surface area contributed by atoms with Crippen LogP contribution in [-0.2, 0) is 65.1 Å². The molecule has 4 heterocycles. The first-order chi connectivity index (χ1) is 44.8. The number of halogens is 3. The summed E-state index contributed by atoms with van der Waals surface area (Å²) in [6, 6.07) is 37.4. The highest BCUT2D eigenvalue weighted by Crippen LogP contribution is 2.33. The number of hydrogen-bond donors (Lipinski definition) is 5. The summed E-state index contributed by atoms with van der Waals surface area (Å²) in [6.07, 6.45) is 3.39. The number of ether oxygens (including phenoxy) is 2. The van der Waals surface area contributed by atoms with Crippen LogP contribution in [0.2, 0.25) is 61.4 Å². The van der Waals surface area contributed by atoms with E-state index < -0.39 is 51.6 Å². The van der Waals surface area contributed by atoms with Gasteiger partial charge in [0.25, 0.3) is 11.8 Å². The van der Waals surface area contributed by atoms with Crippen molar-refractivity contribution in [3.63, 3.8) is 0 Å². The highest BCUT2D eigenvalue weighted by atomic mass is 79.9.